The number of nitrogens with zero attached hydrogens (tertiary/aromatic N) is 1. The Bertz CT molecular complexity index is 380. The highest BCUT2D eigenvalue weighted by molar-refractivity contribution is 6.89. The Labute approximate surface area is 94.7 Å². The lowest BCUT2D eigenvalue weighted by Gasteiger charge is -2.23. The van der Waals surface area contributed by atoms with E-state index in [1.165, 1.54) is 0 Å². The molecule has 0 atom stereocenters. The summed E-state index contributed by atoms with van der Waals surface area (Å²) in [5, 5.41) is -0.0616. The van der Waals surface area contributed by atoms with Crippen LogP contribution in [0.1, 0.15) is 19.8 Å². The summed E-state index contributed by atoms with van der Waals surface area (Å²) in [6.45, 7) is 5.72. The summed E-state index contributed by atoms with van der Waals surface area (Å²) in [5.74, 6) is -3.02. The van der Waals surface area contributed by atoms with E-state index in [9.17, 15) is 13.2 Å². The van der Waals surface area contributed by atoms with Gasteiger partial charge in [0.25, 0.3) is 0 Å². The van der Waals surface area contributed by atoms with Crippen LogP contribution in [0, 0.1) is 17.6 Å². The maximum Gasteiger partial charge on any atom is 0.248 e. The fraction of sp³-hybridized carbons (Fsp3) is 0.545. The molecule has 90 valence electrons. The lowest BCUT2D eigenvalue weighted by atomic mass is 10.4. The third-order valence-corrected chi connectivity index (χ3v) is 6.18. The van der Waals surface area contributed by atoms with Gasteiger partial charge < -0.3 is 0 Å². The van der Waals surface area contributed by atoms with Gasteiger partial charge in [-0.05, 0) is 0 Å². The van der Waals surface area contributed by atoms with Gasteiger partial charge in [0.15, 0.2) is 5.82 Å². The van der Waals surface area contributed by atoms with Crippen LogP contribution in [0.4, 0.5) is 13.2 Å². The van der Waals surface area contributed by atoms with Crippen molar-refractivity contribution >= 4 is 13.3 Å². The fourth-order valence-corrected chi connectivity index (χ4v) is 4.70. The third kappa shape index (κ3) is 2.64. The number of unbranched alkanes of at least 4 members (excludes halogenated alkanes) is 1. The van der Waals surface area contributed by atoms with E-state index in [4.69, 9.17) is 0 Å². The van der Waals surface area contributed by atoms with E-state index >= 15 is 0 Å². The fourth-order valence-electron chi connectivity index (χ4n) is 1.81. The van der Waals surface area contributed by atoms with Gasteiger partial charge in [-0.2, -0.15) is 4.39 Å². The van der Waals surface area contributed by atoms with E-state index < -0.39 is 25.7 Å². The highest BCUT2D eigenvalue weighted by Gasteiger charge is 2.31. The largest absolute Gasteiger partial charge is 0.248 e. The van der Waals surface area contributed by atoms with Gasteiger partial charge in [-0.15, -0.1) is 0 Å². The van der Waals surface area contributed by atoms with Gasteiger partial charge in [0.05, 0.1) is 14.3 Å². The Morgan fingerprint density at radius 2 is 1.88 bits per heavy atom. The molecule has 1 nitrogen and oxygen atoms in total. The molecule has 0 N–H and O–H groups in total. The lowest BCUT2D eigenvalue weighted by Crippen LogP contribution is -2.46. The van der Waals surface area contributed by atoms with E-state index in [1.54, 1.807) is 0 Å². The van der Waals surface area contributed by atoms with Gasteiger partial charge >= 0.3 is 0 Å². The first-order valence-electron chi connectivity index (χ1n) is 5.40. The van der Waals surface area contributed by atoms with Crippen molar-refractivity contribution in [2.45, 2.75) is 38.9 Å². The Hall–Kier alpha value is -0.843. The zero-order chi connectivity index (χ0) is 12.3. The molecule has 0 aliphatic carbocycles. The molecule has 0 saturated carbocycles. The number of rotatable bonds is 4. The van der Waals surface area contributed by atoms with E-state index in [0.29, 0.717) is 0 Å². The van der Waals surface area contributed by atoms with Crippen molar-refractivity contribution in [2.75, 3.05) is 0 Å². The minimum Gasteiger partial charge on any atom is -0.223 e. The quantitative estimate of drug-likeness (QED) is 0.588. The summed E-state index contributed by atoms with van der Waals surface area (Å²) in [6, 6.07) is 0.751. The van der Waals surface area contributed by atoms with Crippen LogP contribution in [-0.2, 0) is 0 Å². The molecular weight excluding hydrogens is 231 g/mol. The van der Waals surface area contributed by atoms with E-state index in [1.807, 2.05) is 20.0 Å². The predicted octanol–water partition coefficient (Wildman–Crippen LogP) is 3.21. The van der Waals surface area contributed by atoms with Crippen molar-refractivity contribution in [1.29, 1.82) is 0 Å². The molecule has 0 saturated heterocycles. The summed E-state index contributed by atoms with van der Waals surface area (Å²) in [6.07, 6.45) is 2.64. The Balaban J connectivity index is 3.15. The lowest BCUT2D eigenvalue weighted by molar-refractivity contribution is 0.471. The molecule has 1 aromatic rings. The smallest absolute Gasteiger partial charge is 0.223 e. The van der Waals surface area contributed by atoms with E-state index in [2.05, 4.69) is 4.98 Å². The van der Waals surface area contributed by atoms with Crippen LogP contribution >= 0.6 is 0 Å². The molecule has 1 rings (SSSR count). The monoisotopic (exact) mass is 247 g/mol. The standard InChI is InChI=1S/C11H16F3NSi/c1-4-5-6-16(2,3)10-8(12)7-15-11(14)9(10)13/h7H,4-6H2,1-3H3. The number of aromatic nitrogens is 1. The molecule has 0 amide bonds. The molecule has 0 unspecified atom stereocenters. The van der Waals surface area contributed by atoms with Crippen molar-refractivity contribution in [3.05, 3.63) is 23.8 Å². The summed E-state index contributed by atoms with van der Waals surface area (Å²) < 4.78 is 40.0. The molecule has 0 radical (unpaired) electrons. The summed E-state index contributed by atoms with van der Waals surface area (Å²) >= 11 is 0. The average molecular weight is 247 g/mol. The highest BCUT2D eigenvalue weighted by Crippen LogP contribution is 2.17. The van der Waals surface area contributed by atoms with Crippen molar-refractivity contribution in [1.82, 2.24) is 4.98 Å². The van der Waals surface area contributed by atoms with Crippen LogP contribution in [0.25, 0.3) is 0 Å². The second-order valence-corrected chi connectivity index (χ2v) is 9.34. The Kier molecular flexibility index (Phi) is 4.13. The molecular formula is C11H16F3NSi. The number of hydrogen-bond acceptors (Lipinski definition) is 1. The van der Waals surface area contributed by atoms with Gasteiger partial charge in [0.2, 0.25) is 5.95 Å². The van der Waals surface area contributed by atoms with Gasteiger partial charge in [-0.25, -0.2) is 13.8 Å². The summed E-state index contributed by atoms with van der Waals surface area (Å²) in [5.41, 5.74) is 0. The van der Waals surface area contributed by atoms with Gasteiger partial charge in [-0.1, -0.05) is 38.9 Å². The molecule has 0 aliphatic heterocycles. The van der Waals surface area contributed by atoms with Crippen LogP contribution in [-0.4, -0.2) is 13.1 Å². The van der Waals surface area contributed by atoms with Crippen molar-refractivity contribution in [2.24, 2.45) is 0 Å². The number of halogens is 3. The maximum atomic E-state index is 13.5. The number of hydrogen-bond donors (Lipinski definition) is 0. The van der Waals surface area contributed by atoms with Crippen LogP contribution in [0.3, 0.4) is 0 Å². The SMILES string of the molecule is CCCC[Si](C)(C)c1c(F)cnc(F)c1F. The van der Waals surface area contributed by atoms with Crippen molar-refractivity contribution < 1.29 is 13.2 Å². The van der Waals surface area contributed by atoms with Gasteiger partial charge in [0.1, 0.15) is 5.82 Å². The summed E-state index contributed by atoms with van der Waals surface area (Å²) in [4.78, 5) is 3.04. The maximum absolute atomic E-state index is 13.5. The molecule has 5 heteroatoms. The van der Waals surface area contributed by atoms with Crippen LogP contribution in [0.2, 0.25) is 19.1 Å². The molecule has 0 bridgehead atoms. The minimum atomic E-state index is -2.25. The Morgan fingerprint density at radius 3 is 2.44 bits per heavy atom. The molecule has 1 heterocycles. The average Bonchev–Trinajstić information content (AvgIpc) is 2.21. The highest BCUT2D eigenvalue weighted by atomic mass is 28.3. The number of pyridine rings is 1. The van der Waals surface area contributed by atoms with Crippen molar-refractivity contribution in [3.8, 4) is 0 Å². The Morgan fingerprint density at radius 1 is 1.25 bits per heavy atom. The first-order valence-corrected chi connectivity index (χ1v) is 8.61. The first kappa shape index (κ1) is 13.2. The first-order chi connectivity index (χ1) is 7.40. The van der Waals surface area contributed by atoms with E-state index in [-0.39, 0.29) is 5.19 Å². The molecule has 0 aliphatic rings. The zero-order valence-corrected chi connectivity index (χ0v) is 10.8. The molecule has 0 spiro atoms. The molecule has 0 fully saturated rings. The molecule has 16 heavy (non-hydrogen) atoms. The van der Waals surface area contributed by atoms with Gasteiger partial charge in [0, 0.05) is 5.19 Å². The van der Waals surface area contributed by atoms with Crippen LogP contribution < -0.4 is 5.19 Å². The second kappa shape index (κ2) is 4.99. The van der Waals surface area contributed by atoms with Gasteiger partial charge in [-0.3, -0.25) is 0 Å². The second-order valence-electron chi connectivity index (χ2n) is 4.57. The topological polar surface area (TPSA) is 12.9 Å². The normalized spacial score (nSPS) is 11.9. The molecule has 0 aromatic carbocycles. The van der Waals surface area contributed by atoms with E-state index in [0.717, 1.165) is 25.1 Å². The van der Waals surface area contributed by atoms with Crippen molar-refractivity contribution in [3.63, 3.8) is 0 Å². The predicted molar refractivity (Wildman–Crippen MR) is 60.9 cm³/mol. The molecule has 1 aromatic heterocycles. The zero-order valence-electron chi connectivity index (χ0n) is 9.78. The van der Waals surface area contributed by atoms with Crippen LogP contribution in [0.5, 0.6) is 0 Å². The third-order valence-electron chi connectivity index (χ3n) is 2.76. The van der Waals surface area contributed by atoms with Crippen LogP contribution in [0.15, 0.2) is 6.20 Å². The summed E-state index contributed by atoms with van der Waals surface area (Å²) in [7, 11) is -2.25. The minimum absolute atomic E-state index is 0.0616.